The lowest BCUT2D eigenvalue weighted by Gasteiger charge is -2.26. The molecule has 0 saturated heterocycles. The second kappa shape index (κ2) is 7.09. The molecule has 1 aromatic rings. The Bertz CT molecular complexity index is 379. The van der Waals surface area contributed by atoms with Gasteiger partial charge in [0.05, 0.1) is 4.99 Å². The predicted molar refractivity (Wildman–Crippen MR) is 81.1 cm³/mol. The zero-order valence-corrected chi connectivity index (χ0v) is 12.7. The van der Waals surface area contributed by atoms with Crippen LogP contribution in [0.5, 0.6) is 0 Å². The van der Waals surface area contributed by atoms with Crippen LogP contribution in [0.1, 0.15) is 25.8 Å². The normalized spacial score (nSPS) is 11.1. The first-order valence-corrected chi connectivity index (χ1v) is 6.96. The van der Waals surface area contributed by atoms with E-state index in [0.29, 0.717) is 11.0 Å². The lowest BCUT2D eigenvalue weighted by molar-refractivity contribution is 0.219. The van der Waals surface area contributed by atoms with Gasteiger partial charge >= 0.3 is 0 Å². The van der Waals surface area contributed by atoms with Gasteiger partial charge in [0.1, 0.15) is 0 Å². The number of benzene rings is 1. The average molecular weight is 315 g/mol. The fraction of sp³-hybridized carbons (Fsp3) is 0.462. The lowest BCUT2D eigenvalue weighted by atomic mass is 10.2. The molecule has 0 aromatic heterocycles. The zero-order valence-electron chi connectivity index (χ0n) is 10.3. The minimum Gasteiger partial charge on any atom is -0.393 e. The number of hydrogen-bond acceptors (Lipinski definition) is 2. The van der Waals surface area contributed by atoms with Gasteiger partial charge < -0.3 is 5.73 Å². The Hall–Kier alpha value is -0.450. The summed E-state index contributed by atoms with van der Waals surface area (Å²) in [5, 5.41) is 0. The first-order chi connectivity index (χ1) is 8.00. The second-order valence-electron chi connectivity index (χ2n) is 4.37. The molecule has 1 rings (SSSR count). The zero-order chi connectivity index (χ0) is 12.8. The number of nitrogens with zero attached hydrogens (tertiary/aromatic N) is 1. The quantitative estimate of drug-likeness (QED) is 0.817. The number of nitrogens with two attached hydrogens (primary N) is 1. The molecular weight excluding hydrogens is 296 g/mol. The summed E-state index contributed by atoms with van der Waals surface area (Å²) in [6.07, 6.45) is 0.776. The molecule has 2 nitrogen and oxygen atoms in total. The van der Waals surface area contributed by atoms with Crippen LogP contribution in [-0.2, 0) is 6.54 Å². The van der Waals surface area contributed by atoms with E-state index in [1.165, 1.54) is 5.56 Å². The number of thiocarbonyl (C=S) groups is 1. The molecule has 0 aliphatic carbocycles. The molecule has 2 N–H and O–H groups in total. The molecule has 0 spiro atoms. The van der Waals surface area contributed by atoms with Gasteiger partial charge in [0.15, 0.2) is 0 Å². The van der Waals surface area contributed by atoms with Crippen molar-refractivity contribution in [2.75, 3.05) is 6.54 Å². The summed E-state index contributed by atoms with van der Waals surface area (Å²) in [6, 6.07) is 8.78. The monoisotopic (exact) mass is 314 g/mol. The minimum atomic E-state index is 0.483. The first-order valence-electron chi connectivity index (χ1n) is 5.76. The van der Waals surface area contributed by atoms with E-state index in [2.05, 4.69) is 52.9 Å². The van der Waals surface area contributed by atoms with Crippen LogP contribution in [0.25, 0.3) is 0 Å². The van der Waals surface area contributed by atoms with Crippen molar-refractivity contribution in [3.8, 4) is 0 Å². The molecule has 17 heavy (non-hydrogen) atoms. The highest BCUT2D eigenvalue weighted by Gasteiger charge is 2.11. The van der Waals surface area contributed by atoms with Crippen LogP contribution in [0.3, 0.4) is 0 Å². The van der Waals surface area contributed by atoms with Crippen molar-refractivity contribution in [2.45, 2.75) is 32.9 Å². The van der Waals surface area contributed by atoms with Crippen LogP contribution in [0.2, 0.25) is 0 Å². The Labute approximate surface area is 117 Å². The fourth-order valence-electron chi connectivity index (χ4n) is 1.62. The van der Waals surface area contributed by atoms with Gasteiger partial charge in [-0.1, -0.05) is 46.3 Å². The SMILES string of the molecule is CC(C)N(CCC(N)=S)Cc1ccccc1Br. The Morgan fingerprint density at radius 2 is 2.06 bits per heavy atom. The molecule has 0 aliphatic heterocycles. The smallest absolute Gasteiger partial charge is 0.0740 e. The summed E-state index contributed by atoms with van der Waals surface area (Å²) < 4.78 is 1.15. The molecule has 0 radical (unpaired) electrons. The third kappa shape index (κ3) is 5.15. The largest absolute Gasteiger partial charge is 0.393 e. The Kier molecular flexibility index (Phi) is 6.09. The van der Waals surface area contributed by atoms with Crippen molar-refractivity contribution in [3.63, 3.8) is 0 Å². The molecule has 0 fully saturated rings. The van der Waals surface area contributed by atoms with Gasteiger partial charge in [-0.15, -0.1) is 0 Å². The third-order valence-electron chi connectivity index (χ3n) is 2.71. The summed E-state index contributed by atoms with van der Waals surface area (Å²) in [6.45, 7) is 6.21. The van der Waals surface area contributed by atoms with Gasteiger partial charge in [0, 0.05) is 30.0 Å². The first kappa shape index (κ1) is 14.6. The van der Waals surface area contributed by atoms with Crippen LogP contribution >= 0.6 is 28.1 Å². The topological polar surface area (TPSA) is 29.3 Å². The molecule has 94 valence electrons. The maximum Gasteiger partial charge on any atom is 0.0740 e. The maximum absolute atomic E-state index is 5.56. The van der Waals surface area contributed by atoms with E-state index in [4.69, 9.17) is 18.0 Å². The van der Waals surface area contributed by atoms with Gasteiger partial charge in [-0.3, -0.25) is 4.90 Å². The van der Waals surface area contributed by atoms with Crippen LogP contribution in [0, 0.1) is 0 Å². The Balaban J connectivity index is 2.67. The minimum absolute atomic E-state index is 0.483. The summed E-state index contributed by atoms with van der Waals surface area (Å²) in [7, 11) is 0. The Morgan fingerprint density at radius 3 is 2.59 bits per heavy atom. The van der Waals surface area contributed by atoms with Crippen LogP contribution < -0.4 is 5.73 Å². The van der Waals surface area contributed by atoms with E-state index < -0.39 is 0 Å². The fourth-order valence-corrected chi connectivity index (χ4v) is 2.12. The van der Waals surface area contributed by atoms with Crippen molar-refractivity contribution in [1.29, 1.82) is 0 Å². The molecule has 4 heteroatoms. The van der Waals surface area contributed by atoms with Gasteiger partial charge in [-0.2, -0.15) is 0 Å². The predicted octanol–water partition coefficient (Wildman–Crippen LogP) is 3.34. The van der Waals surface area contributed by atoms with Gasteiger partial charge in [0.2, 0.25) is 0 Å². The van der Waals surface area contributed by atoms with Gasteiger partial charge in [-0.25, -0.2) is 0 Å². The molecule has 0 amide bonds. The average Bonchev–Trinajstić information content (AvgIpc) is 2.25. The molecule has 0 bridgehead atoms. The van der Waals surface area contributed by atoms with Gasteiger partial charge in [0.25, 0.3) is 0 Å². The molecule has 0 aliphatic rings. The van der Waals surface area contributed by atoms with E-state index >= 15 is 0 Å². The number of rotatable bonds is 6. The molecule has 0 unspecified atom stereocenters. The van der Waals surface area contributed by atoms with Crippen molar-refractivity contribution in [3.05, 3.63) is 34.3 Å². The van der Waals surface area contributed by atoms with Crippen molar-refractivity contribution in [2.24, 2.45) is 5.73 Å². The molecule has 0 atom stereocenters. The standard InChI is InChI=1S/C13H19BrN2S/c1-10(2)16(8-7-13(15)17)9-11-5-3-4-6-12(11)14/h3-6,10H,7-9H2,1-2H3,(H2,15,17). The third-order valence-corrected chi connectivity index (χ3v) is 3.68. The summed E-state index contributed by atoms with van der Waals surface area (Å²) >= 11 is 8.51. The van der Waals surface area contributed by atoms with Crippen LogP contribution in [-0.4, -0.2) is 22.5 Å². The van der Waals surface area contributed by atoms with E-state index in [-0.39, 0.29) is 0 Å². The van der Waals surface area contributed by atoms with E-state index in [1.54, 1.807) is 0 Å². The second-order valence-corrected chi connectivity index (χ2v) is 5.75. The number of halogens is 1. The maximum atomic E-state index is 5.56. The summed E-state index contributed by atoms with van der Waals surface area (Å²) in [5.74, 6) is 0. The van der Waals surface area contributed by atoms with Crippen LogP contribution in [0.4, 0.5) is 0 Å². The van der Waals surface area contributed by atoms with E-state index in [0.717, 1.165) is 24.0 Å². The van der Waals surface area contributed by atoms with Crippen LogP contribution in [0.15, 0.2) is 28.7 Å². The molecule has 0 heterocycles. The molecule has 1 aromatic carbocycles. The number of hydrogen-bond donors (Lipinski definition) is 1. The van der Waals surface area contributed by atoms with Gasteiger partial charge in [-0.05, 0) is 25.5 Å². The highest BCUT2D eigenvalue weighted by atomic mass is 79.9. The van der Waals surface area contributed by atoms with Crippen molar-refractivity contribution >= 4 is 33.1 Å². The summed E-state index contributed by atoms with van der Waals surface area (Å²) in [5.41, 5.74) is 6.86. The lowest BCUT2D eigenvalue weighted by Crippen LogP contribution is -2.33. The van der Waals surface area contributed by atoms with Crippen molar-refractivity contribution < 1.29 is 0 Å². The Morgan fingerprint density at radius 1 is 1.41 bits per heavy atom. The summed E-state index contributed by atoms with van der Waals surface area (Å²) in [4.78, 5) is 2.96. The molecule has 0 saturated carbocycles. The highest BCUT2D eigenvalue weighted by molar-refractivity contribution is 9.10. The van der Waals surface area contributed by atoms with E-state index in [9.17, 15) is 0 Å². The molecular formula is C13H19BrN2S. The highest BCUT2D eigenvalue weighted by Crippen LogP contribution is 2.18. The van der Waals surface area contributed by atoms with Crippen molar-refractivity contribution in [1.82, 2.24) is 4.90 Å². The van der Waals surface area contributed by atoms with E-state index in [1.807, 2.05) is 6.07 Å².